The zero-order valence-electron chi connectivity index (χ0n) is 11.8. The number of carboxylic acids is 1. The van der Waals surface area contributed by atoms with Crippen LogP contribution in [0.5, 0.6) is 0 Å². The molecule has 0 aromatic carbocycles. The monoisotopic (exact) mass is 269 g/mol. The Balaban J connectivity index is 1.94. The van der Waals surface area contributed by atoms with Crippen LogP contribution in [0.4, 0.5) is 0 Å². The number of rotatable bonds is 4. The minimum absolute atomic E-state index is 0.0816. The number of carboxylic acid groups (broad SMARTS) is 1. The Morgan fingerprint density at radius 3 is 2.42 bits per heavy atom. The van der Waals surface area contributed by atoms with Crippen molar-refractivity contribution in [1.82, 2.24) is 5.32 Å². The van der Waals surface area contributed by atoms with Crippen LogP contribution in [0.2, 0.25) is 0 Å². The average molecular weight is 269 g/mol. The molecule has 2 aliphatic rings. The minimum atomic E-state index is -0.847. The number of nitrogens with one attached hydrogen (secondary N) is 1. The highest BCUT2D eigenvalue weighted by molar-refractivity contribution is 5.85. The van der Waals surface area contributed by atoms with Gasteiger partial charge in [0.1, 0.15) is 0 Å². The summed E-state index contributed by atoms with van der Waals surface area (Å²) in [7, 11) is 1.68. The van der Waals surface area contributed by atoms with Gasteiger partial charge in [-0.05, 0) is 19.3 Å². The summed E-state index contributed by atoms with van der Waals surface area (Å²) >= 11 is 0. The van der Waals surface area contributed by atoms with Crippen LogP contribution in [0.15, 0.2) is 0 Å². The van der Waals surface area contributed by atoms with E-state index in [1.807, 2.05) is 0 Å². The summed E-state index contributed by atoms with van der Waals surface area (Å²) in [5, 5.41) is 12.1. The Morgan fingerprint density at radius 1 is 1.26 bits per heavy atom. The first-order valence-electron chi connectivity index (χ1n) is 6.94. The molecule has 0 bridgehead atoms. The summed E-state index contributed by atoms with van der Waals surface area (Å²) in [6, 6.07) is 0.0833. The second-order valence-electron chi connectivity index (χ2n) is 6.32. The third-order valence-electron chi connectivity index (χ3n) is 4.95. The Hall–Kier alpha value is -1.10. The van der Waals surface area contributed by atoms with E-state index in [1.165, 1.54) is 0 Å². The molecule has 0 spiro atoms. The fourth-order valence-electron chi connectivity index (χ4n) is 3.38. The first-order valence-corrected chi connectivity index (χ1v) is 6.94. The van der Waals surface area contributed by atoms with Gasteiger partial charge in [0.05, 0.1) is 17.9 Å². The Labute approximate surface area is 113 Å². The lowest BCUT2D eigenvalue weighted by Gasteiger charge is -2.51. The van der Waals surface area contributed by atoms with E-state index in [0.29, 0.717) is 12.8 Å². The molecule has 4 atom stereocenters. The van der Waals surface area contributed by atoms with Gasteiger partial charge in [0.25, 0.3) is 0 Å². The molecular formula is C14H23NO4. The van der Waals surface area contributed by atoms with Crippen molar-refractivity contribution in [1.29, 1.82) is 0 Å². The molecule has 0 radical (unpaired) electrons. The van der Waals surface area contributed by atoms with Gasteiger partial charge >= 0.3 is 5.97 Å². The summed E-state index contributed by atoms with van der Waals surface area (Å²) in [6.07, 6.45) is 3.09. The van der Waals surface area contributed by atoms with Gasteiger partial charge in [-0.1, -0.05) is 20.3 Å². The Kier molecular flexibility index (Phi) is 3.85. The SMILES string of the molecule is COC1CC(NC(=O)[C@@H]2CCC[C@@H]2C(=O)O)C1(C)C. The number of hydrogen-bond donors (Lipinski definition) is 2. The maximum absolute atomic E-state index is 12.2. The van der Waals surface area contributed by atoms with Gasteiger partial charge in [-0.25, -0.2) is 0 Å². The molecule has 2 saturated carbocycles. The highest BCUT2D eigenvalue weighted by atomic mass is 16.5. The lowest BCUT2D eigenvalue weighted by Crippen LogP contribution is -2.62. The first-order chi connectivity index (χ1) is 8.87. The summed E-state index contributed by atoms with van der Waals surface area (Å²) in [6.45, 7) is 4.14. The molecule has 2 unspecified atom stereocenters. The summed E-state index contributed by atoms with van der Waals surface area (Å²) in [5.41, 5.74) is -0.0816. The predicted molar refractivity (Wildman–Crippen MR) is 69.6 cm³/mol. The number of carbonyl (C=O) groups is 2. The number of hydrogen-bond acceptors (Lipinski definition) is 3. The molecule has 5 heteroatoms. The van der Waals surface area contributed by atoms with Gasteiger partial charge in [-0.2, -0.15) is 0 Å². The molecule has 108 valence electrons. The van der Waals surface area contributed by atoms with Gasteiger partial charge in [0.2, 0.25) is 5.91 Å². The molecule has 2 fully saturated rings. The van der Waals surface area contributed by atoms with Crippen molar-refractivity contribution in [2.24, 2.45) is 17.3 Å². The molecule has 0 saturated heterocycles. The van der Waals surface area contributed by atoms with E-state index in [9.17, 15) is 9.59 Å². The predicted octanol–water partition coefficient (Wildman–Crippen LogP) is 1.42. The Morgan fingerprint density at radius 2 is 1.89 bits per heavy atom. The second-order valence-corrected chi connectivity index (χ2v) is 6.32. The van der Waals surface area contributed by atoms with E-state index in [1.54, 1.807) is 7.11 Å². The quantitative estimate of drug-likeness (QED) is 0.809. The number of aliphatic carboxylic acids is 1. The van der Waals surface area contributed by atoms with E-state index >= 15 is 0 Å². The summed E-state index contributed by atoms with van der Waals surface area (Å²) in [5.74, 6) is -1.82. The van der Waals surface area contributed by atoms with E-state index in [2.05, 4.69) is 19.2 Å². The van der Waals surface area contributed by atoms with Gasteiger partial charge in [0, 0.05) is 18.6 Å². The first kappa shape index (κ1) is 14.3. The molecular weight excluding hydrogens is 246 g/mol. The number of methoxy groups -OCH3 is 1. The molecule has 1 amide bonds. The maximum atomic E-state index is 12.2. The molecule has 0 aromatic heterocycles. The van der Waals surface area contributed by atoms with E-state index < -0.39 is 11.9 Å². The number of ether oxygens (including phenoxy) is 1. The second kappa shape index (κ2) is 5.12. The van der Waals surface area contributed by atoms with Gasteiger partial charge in [-0.3, -0.25) is 9.59 Å². The van der Waals surface area contributed by atoms with Crippen molar-refractivity contribution in [2.45, 2.75) is 51.7 Å². The molecule has 5 nitrogen and oxygen atoms in total. The number of amides is 1. The highest BCUT2D eigenvalue weighted by Gasteiger charge is 2.50. The van der Waals surface area contributed by atoms with Crippen LogP contribution >= 0.6 is 0 Å². The highest BCUT2D eigenvalue weighted by Crippen LogP contribution is 2.43. The van der Waals surface area contributed by atoms with E-state index in [-0.39, 0.29) is 29.4 Å². The van der Waals surface area contributed by atoms with Crippen LogP contribution in [0, 0.1) is 17.3 Å². The lowest BCUT2D eigenvalue weighted by atomic mass is 9.64. The van der Waals surface area contributed by atoms with Crippen LogP contribution in [-0.4, -0.2) is 36.2 Å². The zero-order valence-corrected chi connectivity index (χ0v) is 11.8. The van der Waals surface area contributed by atoms with Crippen molar-refractivity contribution < 1.29 is 19.4 Å². The number of carbonyl (C=O) groups excluding carboxylic acids is 1. The van der Waals surface area contributed by atoms with Crippen molar-refractivity contribution in [2.75, 3.05) is 7.11 Å². The van der Waals surface area contributed by atoms with Gasteiger partial charge in [0.15, 0.2) is 0 Å². The van der Waals surface area contributed by atoms with Crippen LogP contribution in [0.3, 0.4) is 0 Å². The zero-order chi connectivity index (χ0) is 14.2. The largest absolute Gasteiger partial charge is 0.481 e. The molecule has 19 heavy (non-hydrogen) atoms. The maximum Gasteiger partial charge on any atom is 0.307 e. The fourth-order valence-corrected chi connectivity index (χ4v) is 3.38. The van der Waals surface area contributed by atoms with Crippen LogP contribution in [0.1, 0.15) is 39.5 Å². The molecule has 2 N–H and O–H groups in total. The summed E-state index contributed by atoms with van der Waals surface area (Å²) in [4.78, 5) is 23.3. The van der Waals surface area contributed by atoms with E-state index in [4.69, 9.17) is 9.84 Å². The normalized spacial score (nSPS) is 36.6. The summed E-state index contributed by atoms with van der Waals surface area (Å²) < 4.78 is 5.35. The lowest BCUT2D eigenvalue weighted by molar-refractivity contribution is -0.148. The third-order valence-corrected chi connectivity index (χ3v) is 4.95. The topological polar surface area (TPSA) is 75.6 Å². The van der Waals surface area contributed by atoms with Gasteiger partial charge < -0.3 is 15.2 Å². The molecule has 2 aliphatic carbocycles. The molecule has 0 heterocycles. The van der Waals surface area contributed by atoms with Crippen LogP contribution in [0.25, 0.3) is 0 Å². The smallest absolute Gasteiger partial charge is 0.307 e. The Bertz CT molecular complexity index is 380. The molecule has 0 aromatic rings. The molecule has 2 rings (SSSR count). The minimum Gasteiger partial charge on any atom is -0.481 e. The average Bonchev–Trinajstić information content (AvgIpc) is 2.82. The molecule has 0 aliphatic heterocycles. The third kappa shape index (κ3) is 2.48. The van der Waals surface area contributed by atoms with Crippen LogP contribution in [-0.2, 0) is 14.3 Å². The fraction of sp³-hybridized carbons (Fsp3) is 0.857. The van der Waals surface area contributed by atoms with Crippen molar-refractivity contribution in [3.05, 3.63) is 0 Å². The van der Waals surface area contributed by atoms with Gasteiger partial charge in [-0.15, -0.1) is 0 Å². The van der Waals surface area contributed by atoms with Crippen molar-refractivity contribution in [3.63, 3.8) is 0 Å². The van der Waals surface area contributed by atoms with E-state index in [0.717, 1.165) is 12.8 Å². The standard InChI is InChI=1S/C14H23NO4/c1-14(2)10(7-11(14)19-3)15-12(16)8-5-4-6-9(8)13(17)18/h8-11H,4-7H2,1-3H3,(H,15,16)(H,17,18)/t8-,9+,10?,11?/m1/s1. The van der Waals surface area contributed by atoms with Crippen LogP contribution < -0.4 is 5.32 Å². The van der Waals surface area contributed by atoms with Crippen molar-refractivity contribution in [3.8, 4) is 0 Å². The van der Waals surface area contributed by atoms with Crippen molar-refractivity contribution >= 4 is 11.9 Å².